The Kier molecular flexibility index (Phi) is 6.45. The van der Waals surface area contributed by atoms with Gasteiger partial charge < -0.3 is 0 Å². The highest BCUT2D eigenvalue weighted by Crippen LogP contribution is 2.13. The first kappa shape index (κ1) is 11.2. The molecule has 1 atom stereocenters. The lowest BCUT2D eigenvalue weighted by molar-refractivity contribution is 0.607. The predicted octanol–water partition coefficient (Wildman–Crippen LogP) is 3.91. The molecule has 1 unspecified atom stereocenters. The van der Waals surface area contributed by atoms with E-state index in [4.69, 9.17) is 6.58 Å². The van der Waals surface area contributed by atoms with Gasteiger partial charge in [-0.2, -0.15) is 0 Å². The van der Waals surface area contributed by atoms with Crippen LogP contribution in [0.15, 0.2) is 30.4 Å². The van der Waals surface area contributed by atoms with Crippen LogP contribution in [0.1, 0.15) is 33.1 Å². The van der Waals surface area contributed by atoms with Crippen LogP contribution in [0.5, 0.6) is 0 Å². The molecular weight excluding hydrogens is 144 g/mol. The zero-order valence-corrected chi connectivity index (χ0v) is 8.22. The summed E-state index contributed by atoms with van der Waals surface area (Å²) in [5.41, 5.74) is 1.38. The van der Waals surface area contributed by atoms with E-state index in [9.17, 15) is 0 Å². The van der Waals surface area contributed by atoms with Gasteiger partial charge in [-0.15, -0.1) is 6.58 Å². The van der Waals surface area contributed by atoms with E-state index in [-0.39, 0.29) is 0 Å². The summed E-state index contributed by atoms with van der Waals surface area (Å²) in [6, 6.07) is 0. The van der Waals surface area contributed by atoms with Crippen LogP contribution in [0.25, 0.3) is 0 Å². The van der Waals surface area contributed by atoms with Crippen molar-refractivity contribution in [1.29, 1.82) is 0 Å². The lowest BCUT2D eigenvalue weighted by Crippen LogP contribution is -1.92. The Balaban J connectivity index is 3.64. The van der Waals surface area contributed by atoms with Gasteiger partial charge in [0.2, 0.25) is 0 Å². The van der Waals surface area contributed by atoms with Gasteiger partial charge in [-0.25, -0.2) is 0 Å². The van der Waals surface area contributed by atoms with Crippen molar-refractivity contribution >= 4 is 0 Å². The lowest BCUT2D eigenvalue weighted by atomic mass is 9.99. The second-order valence-electron chi connectivity index (χ2n) is 3.33. The molecule has 0 rings (SSSR count). The minimum Gasteiger partial charge on any atom is -0.103 e. The highest BCUT2D eigenvalue weighted by atomic mass is 14.0. The molecule has 0 aromatic heterocycles. The first-order valence-electron chi connectivity index (χ1n) is 4.50. The summed E-state index contributed by atoms with van der Waals surface area (Å²) in [6.45, 7) is 13.4. The fourth-order valence-corrected chi connectivity index (χ4v) is 1.09. The molecule has 0 aromatic carbocycles. The van der Waals surface area contributed by atoms with Gasteiger partial charge in [-0.1, -0.05) is 30.4 Å². The summed E-state index contributed by atoms with van der Waals surface area (Å²) in [6.07, 6.45) is 9.19. The molecule has 0 aliphatic rings. The van der Waals surface area contributed by atoms with Gasteiger partial charge in [0.1, 0.15) is 0 Å². The monoisotopic (exact) mass is 163 g/mol. The van der Waals surface area contributed by atoms with Crippen LogP contribution in [-0.4, -0.2) is 0 Å². The molecule has 0 saturated heterocycles. The number of allylic oxidation sites excluding steroid dienone is 4. The molecule has 0 aliphatic heterocycles. The minimum atomic E-state index is 0.547. The Morgan fingerprint density at radius 2 is 2.17 bits per heavy atom. The van der Waals surface area contributed by atoms with E-state index in [1.54, 1.807) is 6.08 Å². The van der Waals surface area contributed by atoms with Gasteiger partial charge in [0.15, 0.2) is 0 Å². The molecule has 12 heavy (non-hydrogen) atoms. The standard InChI is InChI=1S/C12H19/c1-5-8-12(6-2)10-7-9-11(3)4/h1,5-6,9,12H,2,7-8,10H2,3-4H3. The van der Waals surface area contributed by atoms with Crippen molar-refractivity contribution in [3.05, 3.63) is 37.0 Å². The molecule has 0 N–H and O–H groups in total. The lowest BCUT2D eigenvalue weighted by Gasteiger charge is -2.06. The minimum absolute atomic E-state index is 0.547. The third-order valence-corrected chi connectivity index (χ3v) is 1.86. The molecule has 0 nitrogen and oxygen atoms in total. The Morgan fingerprint density at radius 3 is 2.58 bits per heavy atom. The average molecular weight is 163 g/mol. The molecule has 1 radical (unpaired) electrons. The third-order valence-electron chi connectivity index (χ3n) is 1.86. The van der Waals surface area contributed by atoms with E-state index in [1.165, 1.54) is 5.57 Å². The van der Waals surface area contributed by atoms with E-state index >= 15 is 0 Å². The molecule has 0 amide bonds. The van der Waals surface area contributed by atoms with Gasteiger partial charge in [0.05, 0.1) is 0 Å². The van der Waals surface area contributed by atoms with Crippen molar-refractivity contribution in [3.63, 3.8) is 0 Å². The summed E-state index contributed by atoms with van der Waals surface area (Å²) in [5, 5.41) is 0. The van der Waals surface area contributed by atoms with Gasteiger partial charge in [-0.05, 0) is 39.0 Å². The molecule has 0 spiro atoms. The van der Waals surface area contributed by atoms with Crippen LogP contribution in [0.3, 0.4) is 0 Å². The average Bonchev–Trinajstić information content (AvgIpc) is 2.02. The van der Waals surface area contributed by atoms with Crippen molar-refractivity contribution in [1.82, 2.24) is 0 Å². The third kappa shape index (κ3) is 5.96. The number of rotatable bonds is 6. The second-order valence-corrected chi connectivity index (χ2v) is 3.33. The first-order valence-corrected chi connectivity index (χ1v) is 4.50. The molecule has 0 heterocycles. The zero-order chi connectivity index (χ0) is 9.40. The molecule has 0 fully saturated rings. The highest BCUT2D eigenvalue weighted by Gasteiger charge is 1.99. The summed E-state index contributed by atoms with van der Waals surface area (Å²) in [5.74, 6) is 0.547. The Hall–Kier alpha value is -0.780. The largest absolute Gasteiger partial charge is 0.103 e. The van der Waals surface area contributed by atoms with Crippen LogP contribution in [0.2, 0.25) is 0 Å². The van der Waals surface area contributed by atoms with Gasteiger partial charge in [-0.3, -0.25) is 0 Å². The summed E-state index contributed by atoms with van der Waals surface area (Å²) >= 11 is 0. The van der Waals surface area contributed by atoms with E-state index in [2.05, 4.69) is 26.5 Å². The molecule has 0 heteroatoms. The normalized spacial score (nSPS) is 11.8. The SMILES string of the molecule is [CH]=CCC(C=C)CCC=C(C)C. The number of hydrogen-bond donors (Lipinski definition) is 0. The maximum Gasteiger partial charge on any atom is -0.0199 e. The van der Waals surface area contributed by atoms with Crippen LogP contribution in [-0.2, 0) is 0 Å². The fourth-order valence-electron chi connectivity index (χ4n) is 1.09. The molecule has 0 aliphatic carbocycles. The Morgan fingerprint density at radius 1 is 1.50 bits per heavy atom. The van der Waals surface area contributed by atoms with Crippen molar-refractivity contribution in [2.24, 2.45) is 5.92 Å². The molecule has 0 saturated carbocycles. The molecule has 67 valence electrons. The fraction of sp³-hybridized carbons (Fsp3) is 0.500. The van der Waals surface area contributed by atoms with E-state index in [0.29, 0.717) is 5.92 Å². The summed E-state index contributed by atoms with van der Waals surface area (Å²) in [4.78, 5) is 0. The first-order chi connectivity index (χ1) is 5.70. The zero-order valence-electron chi connectivity index (χ0n) is 8.22. The Bertz CT molecular complexity index is 159. The maximum atomic E-state index is 5.35. The number of hydrogen-bond acceptors (Lipinski definition) is 0. The summed E-state index contributed by atoms with van der Waals surface area (Å²) in [7, 11) is 0. The Labute approximate surface area is 76.7 Å². The molecule has 0 aromatic rings. The van der Waals surface area contributed by atoms with E-state index in [0.717, 1.165) is 19.3 Å². The van der Waals surface area contributed by atoms with Crippen LogP contribution in [0.4, 0.5) is 0 Å². The summed E-state index contributed by atoms with van der Waals surface area (Å²) < 4.78 is 0. The van der Waals surface area contributed by atoms with Crippen LogP contribution >= 0.6 is 0 Å². The van der Waals surface area contributed by atoms with Crippen molar-refractivity contribution < 1.29 is 0 Å². The molecule has 0 bridgehead atoms. The van der Waals surface area contributed by atoms with Crippen molar-refractivity contribution in [2.75, 3.05) is 0 Å². The highest BCUT2D eigenvalue weighted by molar-refractivity contribution is 4.94. The van der Waals surface area contributed by atoms with Gasteiger partial charge in [0.25, 0.3) is 0 Å². The second kappa shape index (κ2) is 6.90. The van der Waals surface area contributed by atoms with Crippen LogP contribution in [0, 0.1) is 12.5 Å². The quantitative estimate of drug-likeness (QED) is 0.521. The molecular formula is C12H19. The van der Waals surface area contributed by atoms with Gasteiger partial charge in [0, 0.05) is 0 Å². The van der Waals surface area contributed by atoms with Crippen LogP contribution < -0.4 is 0 Å². The smallest absolute Gasteiger partial charge is 0.0199 e. The van der Waals surface area contributed by atoms with E-state index in [1.807, 2.05) is 6.08 Å². The van der Waals surface area contributed by atoms with E-state index < -0.39 is 0 Å². The van der Waals surface area contributed by atoms with Gasteiger partial charge >= 0.3 is 0 Å². The topological polar surface area (TPSA) is 0 Å². The maximum absolute atomic E-state index is 5.35. The van der Waals surface area contributed by atoms with Crippen molar-refractivity contribution in [2.45, 2.75) is 33.1 Å². The van der Waals surface area contributed by atoms with Crippen molar-refractivity contribution in [3.8, 4) is 0 Å². The predicted molar refractivity (Wildman–Crippen MR) is 55.8 cm³/mol.